The summed E-state index contributed by atoms with van der Waals surface area (Å²) in [6.07, 6.45) is -1.17. The Morgan fingerprint density at radius 3 is 2.70 bits per heavy atom. The summed E-state index contributed by atoms with van der Waals surface area (Å²) in [6.45, 7) is -0.107. The van der Waals surface area contributed by atoms with E-state index >= 15 is 0 Å². The average molecular weight is 306 g/mol. The molecule has 1 aliphatic rings. The summed E-state index contributed by atoms with van der Waals surface area (Å²) in [4.78, 5) is 24.0. The molecule has 8 heteroatoms. The number of hydrogen-bond donors (Lipinski definition) is 1. The number of carboxylic acids is 1. The average Bonchev–Trinajstić information content (AvgIpc) is 2.42. The number of carboxylic acid groups (broad SMARTS) is 1. The van der Waals surface area contributed by atoms with Gasteiger partial charge in [0.05, 0.1) is 23.7 Å². The lowest BCUT2D eigenvalue weighted by Gasteiger charge is -2.31. The third-order valence-electron chi connectivity index (χ3n) is 2.87. The highest BCUT2D eigenvalue weighted by Gasteiger charge is 2.30. The van der Waals surface area contributed by atoms with E-state index in [1.54, 1.807) is 0 Å². The molecular weight excluding hydrogens is 296 g/mol. The van der Waals surface area contributed by atoms with Gasteiger partial charge < -0.3 is 14.7 Å². The van der Waals surface area contributed by atoms with Gasteiger partial charge in [0.2, 0.25) is 0 Å². The maximum atomic E-state index is 13.6. The lowest BCUT2D eigenvalue weighted by Crippen LogP contribution is -2.48. The Labute approximate surface area is 117 Å². The Balaban J connectivity index is 2.23. The third-order valence-corrected chi connectivity index (χ3v) is 3.16. The highest BCUT2D eigenvalue weighted by molar-refractivity contribution is 6.30. The van der Waals surface area contributed by atoms with Crippen molar-refractivity contribution in [1.29, 1.82) is 0 Å². The largest absolute Gasteiger partial charge is 0.479 e. The van der Waals surface area contributed by atoms with Gasteiger partial charge >= 0.3 is 5.97 Å². The van der Waals surface area contributed by atoms with Gasteiger partial charge in [0.15, 0.2) is 6.10 Å². The number of carbonyl (C=O) groups is 2. The number of amides is 1. The molecule has 0 aromatic heterocycles. The van der Waals surface area contributed by atoms with Crippen molar-refractivity contribution < 1.29 is 28.2 Å². The molecule has 0 spiro atoms. The van der Waals surface area contributed by atoms with Gasteiger partial charge in [0.25, 0.3) is 5.91 Å². The molecule has 1 N–H and O–H groups in total. The molecule has 1 amide bonds. The molecule has 1 aliphatic heterocycles. The summed E-state index contributed by atoms with van der Waals surface area (Å²) < 4.78 is 31.9. The second-order valence-corrected chi connectivity index (χ2v) is 4.60. The van der Waals surface area contributed by atoms with Gasteiger partial charge in [-0.15, -0.1) is 0 Å². The van der Waals surface area contributed by atoms with E-state index in [9.17, 15) is 18.4 Å². The van der Waals surface area contributed by atoms with E-state index in [0.717, 1.165) is 4.90 Å². The predicted molar refractivity (Wildman–Crippen MR) is 64.6 cm³/mol. The molecule has 0 aliphatic carbocycles. The zero-order chi connectivity index (χ0) is 14.9. The van der Waals surface area contributed by atoms with Gasteiger partial charge in [0, 0.05) is 6.54 Å². The molecular formula is C12H10ClF2NO4. The van der Waals surface area contributed by atoms with E-state index in [1.165, 1.54) is 0 Å². The number of aliphatic carboxylic acids is 1. The fourth-order valence-electron chi connectivity index (χ4n) is 1.84. The van der Waals surface area contributed by atoms with Crippen molar-refractivity contribution in [2.45, 2.75) is 6.10 Å². The smallest absolute Gasteiger partial charge is 0.334 e. The summed E-state index contributed by atoms with van der Waals surface area (Å²) in [5, 5.41) is 8.40. The first-order chi connectivity index (χ1) is 9.40. The number of halogens is 3. The summed E-state index contributed by atoms with van der Waals surface area (Å²) in [5.74, 6) is -3.89. The topological polar surface area (TPSA) is 66.8 Å². The monoisotopic (exact) mass is 305 g/mol. The van der Waals surface area contributed by atoms with Crippen LogP contribution in [0.3, 0.4) is 0 Å². The molecule has 1 saturated heterocycles. The SMILES string of the molecule is O=C(O)C1CN(C(=O)c2cc(F)c(Cl)cc2F)CCO1. The molecule has 1 unspecified atom stereocenters. The molecule has 2 rings (SSSR count). The molecule has 0 bridgehead atoms. The molecule has 1 heterocycles. The normalized spacial score (nSPS) is 18.9. The van der Waals surface area contributed by atoms with Crippen LogP contribution in [0, 0.1) is 11.6 Å². The summed E-state index contributed by atoms with van der Waals surface area (Å²) in [7, 11) is 0. The van der Waals surface area contributed by atoms with E-state index < -0.39 is 40.2 Å². The third kappa shape index (κ3) is 2.88. The van der Waals surface area contributed by atoms with Gasteiger partial charge in [-0.2, -0.15) is 0 Å². The van der Waals surface area contributed by atoms with Crippen molar-refractivity contribution in [2.24, 2.45) is 0 Å². The summed E-state index contributed by atoms with van der Waals surface area (Å²) in [5.41, 5.74) is -0.488. The van der Waals surface area contributed by atoms with Crippen LogP contribution in [0.1, 0.15) is 10.4 Å². The van der Waals surface area contributed by atoms with Gasteiger partial charge in [0.1, 0.15) is 11.6 Å². The number of morpholine rings is 1. The Morgan fingerprint density at radius 2 is 2.05 bits per heavy atom. The van der Waals surface area contributed by atoms with Gasteiger partial charge in [-0.3, -0.25) is 4.79 Å². The fourth-order valence-corrected chi connectivity index (χ4v) is 1.99. The van der Waals surface area contributed by atoms with E-state index in [4.69, 9.17) is 21.4 Å². The first kappa shape index (κ1) is 14.7. The van der Waals surface area contributed by atoms with Crippen LogP contribution in [-0.2, 0) is 9.53 Å². The molecule has 20 heavy (non-hydrogen) atoms. The number of ether oxygens (including phenoxy) is 1. The second kappa shape index (κ2) is 5.72. The van der Waals surface area contributed by atoms with Crippen LogP contribution in [0.15, 0.2) is 12.1 Å². The Kier molecular flexibility index (Phi) is 4.20. The maximum absolute atomic E-state index is 13.6. The predicted octanol–water partition coefficient (Wildman–Crippen LogP) is 1.54. The molecule has 0 radical (unpaired) electrons. The maximum Gasteiger partial charge on any atom is 0.334 e. The molecule has 1 aromatic carbocycles. The van der Waals surface area contributed by atoms with E-state index in [-0.39, 0.29) is 19.7 Å². The fraction of sp³-hybridized carbons (Fsp3) is 0.333. The summed E-state index contributed by atoms with van der Waals surface area (Å²) in [6, 6.07) is 1.41. The van der Waals surface area contributed by atoms with Crippen LogP contribution in [0.5, 0.6) is 0 Å². The Bertz CT molecular complexity index is 567. The Morgan fingerprint density at radius 1 is 1.35 bits per heavy atom. The van der Waals surface area contributed by atoms with E-state index in [0.29, 0.717) is 12.1 Å². The zero-order valence-corrected chi connectivity index (χ0v) is 10.9. The number of benzene rings is 1. The molecule has 108 valence electrons. The second-order valence-electron chi connectivity index (χ2n) is 4.20. The van der Waals surface area contributed by atoms with Crippen molar-refractivity contribution in [2.75, 3.05) is 19.7 Å². The van der Waals surface area contributed by atoms with Crippen LogP contribution < -0.4 is 0 Å². The lowest BCUT2D eigenvalue weighted by atomic mass is 10.1. The number of rotatable bonds is 2. The van der Waals surface area contributed by atoms with Crippen molar-refractivity contribution >= 4 is 23.5 Å². The number of hydrogen-bond acceptors (Lipinski definition) is 3. The highest BCUT2D eigenvalue weighted by atomic mass is 35.5. The molecule has 1 atom stereocenters. The van der Waals surface area contributed by atoms with E-state index in [2.05, 4.69) is 0 Å². The van der Waals surface area contributed by atoms with Crippen molar-refractivity contribution in [3.63, 3.8) is 0 Å². The highest BCUT2D eigenvalue weighted by Crippen LogP contribution is 2.21. The Hall–Kier alpha value is -1.73. The van der Waals surface area contributed by atoms with Crippen LogP contribution >= 0.6 is 11.6 Å². The first-order valence-electron chi connectivity index (χ1n) is 5.68. The molecule has 0 saturated carbocycles. The lowest BCUT2D eigenvalue weighted by molar-refractivity contribution is -0.154. The quantitative estimate of drug-likeness (QED) is 0.842. The van der Waals surface area contributed by atoms with Crippen molar-refractivity contribution in [1.82, 2.24) is 4.90 Å². The molecule has 1 aromatic rings. The van der Waals surface area contributed by atoms with Gasteiger partial charge in [-0.1, -0.05) is 11.6 Å². The van der Waals surface area contributed by atoms with Crippen LogP contribution in [0.25, 0.3) is 0 Å². The zero-order valence-electron chi connectivity index (χ0n) is 10.1. The van der Waals surface area contributed by atoms with Crippen LogP contribution in [0.2, 0.25) is 5.02 Å². The van der Waals surface area contributed by atoms with Gasteiger partial charge in [-0.05, 0) is 12.1 Å². The van der Waals surface area contributed by atoms with Gasteiger partial charge in [-0.25, -0.2) is 13.6 Å². The molecule has 5 nitrogen and oxygen atoms in total. The summed E-state index contributed by atoms with van der Waals surface area (Å²) >= 11 is 5.40. The standard InChI is InChI=1S/C12H10ClF2NO4/c13-7-4-8(14)6(3-9(7)15)11(17)16-1-2-20-10(5-16)12(18)19/h3-4,10H,1-2,5H2,(H,18,19). The molecule has 1 fully saturated rings. The van der Waals surface area contributed by atoms with Crippen LogP contribution in [-0.4, -0.2) is 47.7 Å². The number of nitrogens with zero attached hydrogens (tertiary/aromatic N) is 1. The van der Waals surface area contributed by atoms with E-state index in [1.807, 2.05) is 0 Å². The number of carbonyl (C=O) groups excluding carboxylic acids is 1. The minimum absolute atomic E-state index is 0.0143. The first-order valence-corrected chi connectivity index (χ1v) is 6.06. The minimum Gasteiger partial charge on any atom is -0.479 e. The van der Waals surface area contributed by atoms with Crippen LogP contribution in [0.4, 0.5) is 8.78 Å². The minimum atomic E-state index is -1.22. The van der Waals surface area contributed by atoms with Crippen molar-refractivity contribution in [3.8, 4) is 0 Å². The van der Waals surface area contributed by atoms with Crippen molar-refractivity contribution in [3.05, 3.63) is 34.4 Å².